The van der Waals surface area contributed by atoms with Crippen LogP contribution in [0.5, 0.6) is 40.2 Å². The van der Waals surface area contributed by atoms with Gasteiger partial charge in [0.2, 0.25) is 0 Å². The van der Waals surface area contributed by atoms with Gasteiger partial charge in [-0.1, -0.05) is 214 Å². The van der Waals surface area contributed by atoms with E-state index in [0.717, 1.165) is 93.2 Å². The van der Waals surface area contributed by atoms with Gasteiger partial charge < -0.3 is 31.9 Å². The lowest BCUT2D eigenvalue weighted by atomic mass is 9.77. The van der Waals surface area contributed by atoms with Crippen LogP contribution in [0.2, 0.25) is 0 Å². The molecule has 0 aliphatic rings. The highest BCUT2D eigenvalue weighted by molar-refractivity contribution is 7.43. The van der Waals surface area contributed by atoms with Gasteiger partial charge in [0.05, 0.1) is 0 Å². The molecular weight excluding hydrogens is 1040 g/mol. The van der Waals surface area contributed by atoms with E-state index in [1.165, 1.54) is 0 Å². The lowest BCUT2D eigenvalue weighted by Crippen LogP contribution is -2.24. The highest BCUT2D eigenvalue weighted by Gasteiger charge is 2.37. The molecule has 0 aromatic heterocycles. The zero-order chi connectivity index (χ0) is 57.8. The maximum atomic E-state index is 7.75. The van der Waals surface area contributed by atoms with Gasteiger partial charge >= 0.3 is 17.2 Å². The monoisotopic (exact) mass is 1110 g/mol. The first-order chi connectivity index (χ1) is 38.3. The van der Waals surface area contributed by atoms with Crippen molar-refractivity contribution in [3.05, 3.63) is 209 Å². The largest absolute Gasteiger partial charge is 0.530 e. The Hall–Kier alpha value is -7.30. The minimum Gasteiger partial charge on any atom is -0.488 e. The fourth-order valence-corrected chi connectivity index (χ4v) is 12.7. The predicted octanol–water partition coefficient (Wildman–Crippen LogP) is 21.8. The van der Waals surface area contributed by atoms with Gasteiger partial charge in [0.15, 0.2) is 0 Å². The molecule has 0 amide bonds. The predicted molar refractivity (Wildman–Crippen MR) is 341 cm³/mol. The van der Waals surface area contributed by atoms with E-state index in [-0.39, 0.29) is 5.41 Å². The molecule has 0 aliphatic heterocycles. The van der Waals surface area contributed by atoms with Crippen LogP contribution in [0.4, 0.5) is 0 Å². The lowest BCUT2D eigenvalue weighted by Gasteiger charge is -2.33. The molecule has 416 valence electrons. The summed E-state index contributed by atoms with van der Waals surface area (Å²) in [5.41, 5.74) is 6.42. The van der Waals surface area contributed by atoms with E-state index in [4.69, 9.17) is 31.9 Å². The second-order valence-corrected chi connectivity index (χ2v) is 27.4. The van der Waals surface area contributed by atoms with Gasteiger partial charge in [0.25, 0.3) is 0 Å². The molecule has 0 heterocycles. The number of fused-ring (bicyclic) bond motifs is 4. The summed E-state index contributed by atoms with van der Waals surface area (Å²) >= 11 is 0. The van der Waals surface area contributed by atoms with Gasteiger partial charge in [-0.25, -0.2) is 0 Å². The number of benzene rings is 10. The molecule has 0 N–H and O–H groups in total. The molecule has 0 saturated heterocycles. The number of rotatable bonds is 14. The first kappa shape index (κ1) is 57.0. The first-order valence-corrected chi connectivity index (χ1v) is 30.2. The maximum absolute atomic E-state index is 7.75. The van der Waals surface area contributed by atoms with E-state index in [2.05, 4.69) is 232 Å². The minimum absolute atomic E-state index is 0.310. The Balaban J connectivity index is 1.27. The van der Waals surface area contributed by atoms with E-state index in [0.29, 0.717) is 40.2 Å². The summed E-state index contributed by atoms with van der Waals surface area (Å²) in [6.07, 6.45) is 0. The van der Waals surface area contributed by atoms with Crippen molar-refractivity contribution >= 4 is 60.3 Å². The molecule has 7 nitrogen and oxygen atoms in total. The Kier molecular flexibility index (Phi) is 15.6. The Morgan fingerprint density at radius 2 is 0.593 bits per heavy atom. The van der Waals surface area contributed by atoms with E-state index < -0.39 is 33.6 Å². The number of aryl methyl sites for hydroxylation is 4. The molecule has 10 rings (SSSR count). The third kappa shape index (κ3) is 12.3. The van der Waals surface area contributed by atoms with E-state index in [9.17, 15) is 0 Å². The summed E-state index contributed by atoms with van der Waals surface area (Å²) in [6.45, 7) is 34.6. The summed E-state index contributed by atoms with van der Waals surface area (Å²) < 4.78 is 51.8. The van der Waals surface area contributed by atoms with Crippen LogP contribution >= 0.6 is 17.2 Å². The number of ether oxygens (including phenoxy) is 1. The van der Waals surface area contributed by atoms with Gasteiger partial charge in [-0.3, -0.25) is 0 Å². The standard InChI is InChI=1S/C72H76O7P2/c1-45-33-37-49-25-17-21-29-55(49)63(45)74-80(75-64-46(2)34-38-50-26-18-22-30-56(50)64)78-67-59(41-53(69(5,6)7)42-61(67)70(8,9)10)60-43-54(73-72(14,15)16)44-62(71(11,12)13)68(60)79-81(76-65-47(3)35-39-51-27-19-23-31-57(51)65)77-66-48(4)36-40-52-28-20-24-32-58(52)66/h17-44H,1-16H3. The topological polar surface area (TPSA) is 64.6 Å². The Morgan fingerprint density at radius 3 is 0.901 bits per heavy atom. The summed E-state index contributed by atoms with van der Waals surface area (Å²) in [5, 5.41) is 8.01. The van der Waals surface area contributed by atoms with Crippen LogP contribution in [0.15, 0.2) is 170 Å². The fraction of sp³-hybridized carbons (Fsp3) is 0.278. The molecule has 0 fully saturated rings. The van der Waals surface area contributed by atoms with Crippen molar-refractivity contribution < 1.29 is 31.9 Å². The average Bonchev–Trinajstić information content (AvgIpc) is 3.58. The zero-order valence-corrected chi connectivity index (χ0v) is 51.7. The highest BCUT2D eigenvalue weighted by atomic mass is 31.2. The van der Waals surface area contributed by atoms with Gasteiger partial charge in [-0.15, -0.1) is 0 Å². The van der Waals surface area contributed by atoms with Crippen LogP contribution in [-0.2, 0) is 16.2 Å². The maximum Gasteiger partial charge on any atom is 0.530 e. The van der Waals surface area contributed by atoms with Crippen LogP contribution in [-0.4, -0.2) is 5.60 Å². The minimum atomic E-state index is -2.30. The Morgan fingerprint density at radius 1 is 0.296 bits per heavy atom. The van der Waals surface area contributed by atoms with E-state index in [1.807, 2.05) is 48.5 Å². The van der Waals surface area contributed by atoms with Crippen molar-refractivity contribution in [2.45, 2.75) is 133 Å². The Bertz CT molecular complexity index is 3810. The normalized spacial score (nSPS) is 12.4. The second kappa shape index (κ2) is 22.2. The van der Waals surface area contributed by atoms with Crippen LogP contribution in [0.3, 0.4) is 0 Å². The van der Waals surface area contributed by atoms with Gasteiger partial charge in [0, 0.05) is 43.8 Å². The van der Waals surface area contributed by atoms with Crippen molar-refractivity contribution in [1.29, 1.82) is 0 Å². The van der Waals surface area contributed by atoms with Crippen molar-refractivity contribution in [1.82, 2.24) is 0 Å². The molecule has 10 aromatic carbocycles. The molecule has 0 aliphatic carbocycles. The smallest absolute Gasteiger partial charge is 0.488 e. The molecule has 0 unspecified atom stereocenters. The molecule has 0 radical (unpaired) electrons. The molecule has 10 aromatic rings. The number of hydrogen-bond acceptors (Lipinski definition) is 7. The molecule has 0 atom stereocenters. The summed E-state index contributed by atoms with van der Waals surface area (Å²) in [7, 11) is -4.58. The van der Waals surface area contributed by atoms with Gasteiger partial charge in [0.1, 0.15) is 45.8 Å². The lowest BCUT2D eigenvalue weighted by molar-refractivity contribution is 0.130. The third-order valence-electron chi connectivity index (χ3n) is 14.6. The SMILES string of the molecule is Cc1ccc2ccccc2c1OP(Oc1c(-c2cc(C(C)(C)C)cc(C(C)(C)C)c2OP(Oc2c(C)ccc3ccccc23)Oc2c(C)ccc3ccccc23)cc(OC(C)(C)C)cc1C(C)(C)C)Oc1c(C)ccc2ccccc12. The van der Waals surface area contributed by atoms with Crippen LogP contribution in [0.25, 0.3) is 54.2 Å². The van der Waals surface area contributed by atoms with Crippen LogP contribution in [0.1, 0.15) is 122 Å². The van der Waals surface area contributed by atoms with Crippen molar-refractivity contribution in [3.8, 4) is 51.4 Å². The number of hydrogen-bond donors (Lipinski definition) is 0. The van der Waals surface area contributed by atoms with Gasteiger partial charge in [-0.2, -0.15) is 0 Å². The summed E-state index contributed by atoms with van der Waals surface area (Å²) in [5.74, 6) is 4.59. The van der Waals surface area contributed by atoms with Crippen LogP contribution in [0, 0.1) is 27.7 Å². The van der Waals surface area contributed by atoms with Crippen molar-refractivity contribution in [3.63, 3.8) is 0 Å². The molecule has 0 spiro atoms. The first-order valence-electron chi connectivity index (χ1n) is 28.0. The van der Waals surface area contributed by atoms with Crippen molar-refractivity contribution in [2.24, 2.45) is 0 Å². The van der Waals surface area contributed by atoms with Gasteiger partial charge in [-0.05, 0) is 132 Å². The molecular formula is C72H76O7P2. The van der Waals surface area contributed by atoms with E-state index in [1.54, 1.807) is 0 Å². The second-order valence-electron chi connectivity index (χ2n) is 25.4. The quantitative estimate of drug-likeness (QED) is 0.101. The molecule has 0 saturated carbocycles. The van der Waals surface area contributed by atoms with Crippen LogP contribution < -0.4 is 31.9 Å². The molecule has 81 heavy (non-hydrogen) atoms. The average molecular weight is 1120 g/mol. The molecule has 0 bridgehead atoms. The third-order valence-corrected chi connectivity index (χ3v) is 16.6. The zero-order valence-electron chi connectivity index (χ0n) is 49.9. The van der Waals surface area contributed by atoms with E-state index >= 15 is 0 Å². The highest BCUT2D eigenvalue weighted by Crippen LogP contribution is 2.58. The summed E-state index contributed by atoms with van der Waals surface area (Å²) in [6, 6.07) is 58.8. The van der Waals surface area contributed by atoms with Crippen molar-refractivity contribution in [2.75, 3.05) is 0 Å². The molecule has 9 heteroatoms. The Labute approximate surface area is 482 Å². The summed E-state index contributed by atoms with van der Waals surface area (Å²) in [4.78, 5) is 0. The fourth-order valence-electron chi connectivity index (χ4n) is 10.2.